The van der Waals surface area contributed by atoms with Crippen molar-refractivity contribution in [2.45, 2.75) is 25.3 Å². The summed E-state index contributed by atoms with van der Waals surface area (Å²) >= 11 is 0. The van der Waals surface area contributed by atoms with Crippen LogP contribution in [0.15, 0.2) is 4.99 Å². The van der Waals surface area contributed by atoms with Crippen LogP contribution in [0.1, 0.15) is 19.3 Å². The lowest BCUT2D eigenvalue weighted by Crippen LogP contribution is -2.49. The predicted octanol–water partition coefficient (Wildman–Crippen LogP) is -0.243. The van der Waals surface area contributed by atoms with Gasteiger partial charge in [-0.05, 0) is 19.3 Å². The summed E-state index contributed by atoms with van der Waals surface area (Å²) in [6.07, 6.45) is 2.99. The summed E-state index contributed by atoms with van der Waals surface area (Å²) in [7, 11) is 1.85. The minimum atomic E-state index is -0.0719. The highest BCUT2D eigenvalue weighted by Gasteiger charge is 2.34. The summed E-state index contributed by atoms with van der Waals surface area (Å²) in [6, 6.07) is 0.599. The van der Waals surface area contributed by atoms with E-state index in [-0.39, 0.29) is 12.0 Å². The lowest BCUT2D eigenvalue weighted by Gasteiger charge is -2.37. The number of aliphatic imine (C=N–C) groups is 1. The van der Waals surface area contributed by atoms with Crippen LogP contribution in [0.25, 0.3) is 0 Å². The molecule has 3 aliphatic rings. The van der Waals surface area contributed by atoms with E-state index in [2.05, 4.69) is 20.1 Å². The molecule has 0 saturated carbocycles. The molecule has 3 heterocycles. The first kappa shape index (κ1) is 17.9. The normalized spacial score (nSPS) is 29.0. The zero-order valence-electron chi connectivity index (χ0n) is 14.9. The number of nitrogens with one attached hydrogen (secondary N) is 1. The Hall–Kier alpha value is -0.890. The van der Waals surface area contributed by atoms with E-state index in [4.69, 9.17) is 9.47 Å². The van der Waals surface area contributed by atoms with Crippen molar-refractivity contribution in [1.82, 2.24) is 15.1 Å². The number of rotatable bonds is 4. The van der Waals surface area contributed by atoms with E-state index in [0.29, 0.717) is 6.04 Å². The molecule has 3 fully saturated rings. The van der Waals surface area contributed by atoms with Crippen LogP contribution in [0.5, 0.6) is 0 Å². The standard InChI is InChI=1S/C17H32N4O3/c1-18-16(19-13-17(14-22)3-8-23-9-4-17)21-5-2-15(12-21)20-6-10-24-11-7-20/h15,22H,2-14H2,1H3,(H,18,19). The topological polar surface area (TPSA) is 69.6 Å². The maximum absolute atomic E-state index is 9.84. The fourth-order valence-electron chi connectivity index (χ4n) is 3.97. The first-order valence-corrected chi connectivity index (χ1v) is 9.22. The minimum absolute atomic E-state index is 0.0719. The summed E-state index contributed by atoms with van der Waals surface area (Å²) in [5.41, 5.74) is -0.0719. The third kappa shape index (κ3) is 4.20. The summed E-state index contributed by atoms with van der Waals surface area (Å²) in [5, 5.41) is 13.4. The Bertz CT molecular complexity index is 420. The fourth-order valence-corrected chi connectivity index (χ4v) is 3.97. The largest absolute Gasteiger partial charge is 0.396 e. The second kappa shape index (κ2) is 8.47. The van der Waals surface area contributed by atoms with E-state index in [1.165, 1.54) is 6.42 Å². The Balaban J connectivity index is 1.51. The van der Waals surface area contributed by atoms with Crippen molar-refractivity contribution in [3.63, 3.8) is 0 Å². The van der Waals surface area contributed by atoms with Crippen molar-refractivity contribution in [3.05, 3.63) is 0 Å². The van der Waals surface area contributed by atoms with Gasteiger partial charge in [-0.3, -0.25) is 9.89 Å². The van der Waals surface area contributed by atoms with E-state index < -0.39 is 0 Å². The molecule has 138 valence electrons. The number of guanidine groups is 1. The van der Waals surface area contributed by atoms with Crippen molar-refractivity contribution >= 4 is 5.96 Å². The van der Waals surface area contributed by atoms with Crippen LogP contribution in [0.2, 0.25) is 0 Å². The monoisotopic (exact) mass is 340 g/mol. The highest BCUT2D eigenvalue weighted by atomic mass is 16.5. The lowest BCUT2D eigenvalue weighted by atomic mass is 9.81. The average molecular weight is 340 g/mol. The van der Waals surface area contributed by atoms with E-state index in [1.807, 2.05) is 7.05 Å². The first-order chi connectivity index (χ1) is 11.8. The Morgan fingerprint density at radius 3 is 2.54 bits per heavy atom. The van der Waals surface area contributed by atoms with E-state index in [9.17, 15) is 5.11 Å². The third-order valence-corrected chi connectivity index (χ3v) is 5.75. The summed E-state index contributed by atoms with van der Waals surface area (Å²) in [5.74, 6) is 0.963. The number of aliphatic hydroxyl groups excluding tert-OH is 1. The SMILES string of the molecule is CN=C(NCC1(CO)CCOCC1)N1CCC(N2CCOCC2)C1. The predicted molar refractivity (Wildman–Crippen MR) is 93.3 cm³/mol. The molecule has 2 N–H and O–H groups in total. The van der Waals surface area contributed by atoms with Crippen LogP contribution in [0.3, 0.4) is 0 Å². The van der Waals surface area contributed by atoms with Gasteiger partial charge in [0.15, 0.2) is 5.96 Å². The number of nitrogens with zero attached hydrogens (tertiary/aromatic N) is 3. The molecule has 0 bridgehead atoms. The van der Waals surface area contributed by atoms with Gasteiger partial charge >= 0.3 is 0 Å². The van der Waals surface area contributed by atoms with Crippen molar-refractivity contribution in [2.75, 3.05) is 72.8 Å². The molecule has 3 saturated heterocycles. The molecule has 1 atom stereocenters. The smallest absolute Gasteiger partial charge is 0.193 e. The molecule has 1 unspecified atom stereocenters. The van der Waals surface area contributed by atoms with E-state index >= 15 is 0 Å². The lowest BCUT2D eigenvalue weighted by molar-refractivity contribution is -0.0134. The molecule has 0 amide bonds. The van der Waals surface area contributed by atoms with Gasteiger partial charge in [-0.1, -0.05) is 0 Å². The Morgan fingerprint density at radius 2 is 1.88 bits per heavy atom. The van der Waals surface area contributed by atoms with Crippen LogP contribution < -0.4 is 5.32 Å². The minimum Gasteiger partial charge on any atom is -0.396 e. The van der Waals surface area contributed by atoms with Gasteiger partial charge in [0, 0.05) is 64.4 Å². The molecule has 0 spiro atoms. The Labute approximate surface area is 145 Å². The van der Waals surface area contributed by atoms with Crippen LogP contribution in [-0.2, 0) is 9.47 Å². The van der Waals surface area contributed by atoms with Crippen molar-refractivity contribution < 1.29 is 14.6 Å². The number of likely N-dealkylation sites (tertiary alicyclic amines) is 1. The van der Waals surface area contributed by atoms with Crippen LogP contribution in [0.4, 0.5) is 0 Å². The number of hydrogen-bond donors (Lipinski definition) is 2. The van der Waals surface area contributed by atoms with Gasteiger partial charge < -0.3 is 24.8 Å². The highest BCUT2D eigenvalue weighted by Crippen LogP contribution is 2.29. The molecule has 0 aromatic carbocycles. The zero-order chi connectivity index (χ0) is 16.8. The van der Waals surface area contributed by atoms with Crippen LogP contribution in [0, 0.1) is 5.41 Å². The number of aliphatic hydroxyl groups is 1. The highest BCUT2D eigenvalue weighted by molar-refractivity contribution is 5.80. The zero-order valence-corrected chi connectivity index (χ0v) is 14.9. The van der Waals surface area contributed by atoms with Crippen molar-refractivity contribution in [1.29, 1.82) is 0 Å². The van der Waals surface area contributed by atoms with Gasteiger partial charge in [0.05, 0.1) is 19.8 Å². The van der Waals surface area contributed by atoms with Gasteiger partial charge in [0.1, 0.15) is 0 Å². The number of hydrogen-bond acceptors (Lipinski definition) is 5. The second-order valence-electron chi connectivity index (χ2n) is 7.21. The molecule has 7 nitrogen and oxygen atoms in total. The maximum atomic E-state index is 9.84. The van der Waals surface area contributed by atoms with Gasteiger partial charge in [-0.2, -0.15) is 0 Å². The van der Waals surface area contributed by atoms with Crippen molar-refractivity contribution in [2.24, 2.45) is 10.4 Å². The van der Waals surface area contributed by atoms with Gasteiger partial charge in [-0.25, -0.2) is 0 Å². The van der Waals surface area contributed by atoms with E-state index in [0.717, 1.165) is 78.0 Å². The molecule has 0 aliphatic carbocycles. The second-order valence-corrected chi connectivity index (χ2v) is 7.21. The van der Waals surface area contributed by atoms with Gasteiger partial charge in [0.25, 0.3) is 0 Å². The molecule has 7 heteroatoms. The van der Waals surface area contributed by atoms with Crippen LogP contribution >= 0.6 is 0 Å². The summed E-state index contributed by atoms with van der Waals surface area (Å²) < 4.78 is 10.9. The quantitative estimate of drug-likeness (QED) is 0.544. The molecular formula is C17H32N4O3. The summed E-state index contributed by atoms with van der Waals surface area (Å²) in [6.45, 7) is 8.29. The number of ether oxygens (including phenoxy) is 2. The van der Waals surface area contributed by atoms with Gasteiger partial charge in [-0.15, -0.1) is 0 Å². The molecule has 3 rings (SSSR count). The molecule has 0 aromatic heterocycles. The molecular weight excluding hydrogens is 308 g/mol. The maximum Gasteiger partial charge on any atom is 0.193 e. The van der Waals surface area contributed by atoms with Gasteiger partial charge in [0.2, 0.25) is 0 Å². The average Bonchev–Trinajstić information content (AvgIpc) is 3.14. The van der Waals surface area contributed by atoms with Crippen LogP contribution in [-0.4, -0.2) is 99.7 Å². The van der Waals surface area contributed by atoms with Crippen molar-refractivity contribution in [3.8, 4) is 0 Å². The number of morpholine rings is 1. The summed E-state index contributed by atoms with van der Waals surface area (Å²) in [4.78, 5) is 9.37. The Kier molecular flexibility index (Phi) is 6.32. The molecule has 0 radical (unpaired) electrons. The fraction of sp³-hybridized carbons (Fsp3) is 0.941. The Morgan fingerprint density at radius 1 is 1.17 bits per heavy atom. The molecule has 0 aromatic rings. The van der Waals surface area contributed by atoms with E-state index in [1.54, 1.807) is 0 Å². The molecule has 3 aliphatic heterocycles. The first-order valence-electron chi connectivity index (χ1n) is 9.22. The third-order valence-electron chi connectivity index (χ3n) is 5.75. The molecule has 24 heavy (non-hydrogen) atoms.